The van der Waals surface area contributed by atoms with Crippen molar-refractivity contribution in [3.05, 3.63) is 34.3 Å². The molecule has 0 aliphatic carbocycles. The van der Waals surface area contributed by atoms with Gasteiger partial charge in [0.2, 0.25) is 0 Å². The molecule has 0 saturated carbocycles. The summed E-state index contributed by atoms with van der Waals surface area (Å²) in [6, 6.07) is 7.84. The van der Waals surface area contributed by atoms with Crippen LogP contribution in [0.5, 0.6) is 0 Å². The topological polar surface area (TPSA) is 40.6 Å². The fourth-order valence-electron chi connectivity index (χ4n) is 2.57. The van der Waals surface area contributed by atoms with Crippen molar-refractivity contribution >= 4 is 26.1 Å². The van der Waals surface area contributed by atoms with E-state index in [-0.39, 0.29) is 6.04 Å². The number of hydrogen-bond acceptors (Lipinski definition) is 2. The molecule has 1 aromatic carbocycles. The van der Waals surface area contributed by atoms with Crippen LogP contribution in [0.15, 0.2) is 28.7 Å². The Morgan fingerprint density at radius 3 is 2.80 bits per heavy atom. The van der Waals surface area contributed by atoms with E-state index in [4.69, 9.17) is 0 Å². The van der Waals surface area contributed by atoms with E-state index in [0.29, 0.717) is 13.1 Å². The molecule has 0 radical (unpaired) electrons. The minimum atomic E-state index is -3.37. The second-order valence-electron chi connectivity index (χ2n) is 5.35. The summed E-state index contributed by atoms with van der Waals surface area (Å²) in [7, 11) is -1.72. The van der Waals surface area contributed by atoms with Crippen molar-refractivity contribution < 1.29 is 8.42 Å². The van der Waals surface area contributed by atoms with Crippen LogP contribution in [0.4, 0.5) is 0 Å². The van der Waals surface area contributed by atoms with Crippen molar-refractivity contribution in [2.45, 2.75) is 38.8 Å². The van der Waals surface area contributed by atoms with Crippen LogP contribution >= 0.6 is 15.9 Å². The smallest absolute Gasteiger partial charge is 0.195 e. The van der Waals surface area contributed by atoms with Gasteiger partial charge in [-0.2, -0.15) is 17.0 Å². The van der Waals surface area contributed by atoms with E-state index in [9.17, 15) is 8.42 Å². The Bertz CT molecular complexity index is 562. The van der Waals surface area contributed by atoms with Crippen molar-refractivity contribution in [1.29, 1.82) is 0 Å². The van der Waals surface area contributed by atoms with E-state index in [1.807, 2.05) is 31.2 Å². The predicted octanol–water partition coefficient (Wildman–Crippen LogP) is 3.00. The minimum Gasteiger partial charge on any atom is -0.195 e. The summed E-state index contributed by atoms with van der Waals surface area (Å²) in [6.45, 7) is 3.01. The monoisotopic (exact) mass is 360 g/mol. The zero-order valence-corrected chi connectivity index (χ0v) is 14.3. The summed E-state index contributed by atoms with van der Waals surface area (Å²) >= 11 is 3.41. The molecule has 1 saturated heterocycles. The number of halogens is 1. The molecule has 0 spiro atoms. The van der Waals surface area contributed by atoms with E-state index in [1.54, 1.807) is 11.4 Å². The Kier molecular flexibility index (Phi) is 5.23. The lowest BCUT2D eigenvalue weighted by atomic mass is 10.1. The highest BCUT2D eigenvalue weighted by atomic mass is 79.9. The van der Waals surface area contributed by atoms with Crippen molar-refractivity contribution in [3.63, 3.8) is 0 Å². The first-order valence-corrected chi connectivity index (χ1v) is 9.08. The molecule has 2 rings (SSSR count). The van der Waals surface area contributed by atoms with Crippen LogP contribution in [0, 0.1) is 0 Å². The lowest BCUT2D eigenvalue weighted by Crippen LogP contribution is -2.48. The summed E-state index contributed by atoms with van der Waals surface area (Å²) in [4.78, 5) is 0. The van der Waals surface area contributed by atoms with Gasteiger partial charge in [-0.15, -0.1) is 0 Å². The van der Waals surface area contributed by atoms with Gasteiger partial charge in [0.15, 0.2) is 0 Å². The van der Waals surface area contributed by atoms with Crippen molar-refractivity contribution in [2.24, 2.45) is 0 Å². The third-order valence-corrected chi connectivity index (χ3v) is 6.27. The summed E-state index contributed by atoms with van der Waals surface area (Å²) < 4.78 is 29.3. The Balaban J connectivity index is 2.12. The molecule has 0 N–H and O–H groups in total. The normalized spacial score (nSPS) is 21.3. The third kappa shape index (κ3) is 3.61. The standard InChI is InChI=1S/C14H21BrN2O2S/c1-12-6-3-4-9-17(12)20(18,19)16(2)11-13-7-5-8-14(15)10-13/h5,7-8,10,12H,3-4,6,9,11H2,1-2H3. The Hall–Kier alpha value is -0.430. The fraction of sp³-hybridized carbons (Fsp3) is 0.571. The van der Waals surface area contributed by atoms with Gasteiger partial charge >= 0.3 is 0 Å². The van der Waals surface area contributed by atoms with Crippen LogP contribution in [0.25, 0.3) is 0 Å². The molecule has 20 heavy (non-hydrogen) atoms. The zero-order valence-electron chi connectivity index (χ0n) is 11.9. The van der Waals surface area contributed by atoms with Gasteiger partial charge in [0.25, 0.3) is 10.2 Å². The van der Waals surface area contributed by atoms with Crippen LogP contribution in [-0.2, 0) is 16.8 Å². The van der Waals surface area contributed by atoms with E-state index in [1.165, 1.54) is 4.31 Å². The number of piperidine rings is 1. The molecule has 0 aromatic heterocycles. The third-order valence-electron chi connectivity index (χ3n) is 3.73. The molecule has 6 heteroatoms. The summed E-state index contributed by atoms with van der Waals surface area (Å²) in [5.41, 5.74) is 0.982. The summed E-state index contributed by atoms with van der Waals surface area (Å²) in [5.74, 6) is 0. The lowest BCUT2D eigenvalue weighted by Gasteiger charge is -2.35. The Labute approximate surface area is 130 Å². The zero-order chi connectivity index (χ0) is 14.8. The number of benzene rings is 1. The highest BCUT2D eigenvalue weighted by Crippen LogP contribution is 2.23. The largest absolute Gasteiger partial charge is 0.282 e. The van der Waals surface area contributed by atoms with Gasteiger partial charge in [0, 0.05) is 30.7 Å². The maximum atomic E-state index is 12.6. The molecule has 1 unspecified atom stereocenters. The molecule has 0 bridgehead atoms. The van der Waals surface area contributed by atoms with Gasteiger partial charge in [-0.25, -0.2) is 0 Å². The maximum absolute atomic E-state index is 12.6. The Morgan fingerprint density at radius 2 is 2.15 bits per heavy atom. The van der Waals surface area contributed by atoms with Crippen LogP contribution in [0.2, 0.25) is 0 Å². The molecule has 4 nitrogen and oxygen atoms in total. The van der Waals surface area contributed by atoms with Gasteiger partial charge in [-0.1, -0.05) is 34.5 Å². The molecule has 1 aliphatic rings. The number of hydrogen-bond donors (Lipinski definition) is 0. The highest BCUT2D eigenvalue weighted by molar-refractivity contribution is 9.10. The van der Waals surface area contributed by atoms with Gasteiger partial charge < -0.3 is 0 Å². The molecule has 0 amide bonds. The van der Waals surface area contributed by atoms with E-state index < -0.39 is 10.2 Å². The molecule has 1 fully saturated rings. The molecular weight excluding hydrogens is 340 g/mol. The first-order valence-electron chi connectivity index (χ1n) is 6.89. The van der Waals surface area contributed by atoms with Crippen molar-refractivity contribution in [3.8, 4) is 0 Å². The Morgan fingerprint density at radius 1 is 1.40 bits per heavy atom. The quantitative estimate of drug-likeness (QED) is 0.827. The minimum absolute atomic E-state index is 0.0960. The molecule has 1 atom stereocenters. The van der Waals surface area contributed by atoms with Gasteiger partial charge in [-0.05, 0) is 37.5 Å². The summed E-state index contributed by atoms with van der Waals surface area (Å²) in [6.07, 6.45) is 3.01. The lowest BCUT2D eigenvalue weighted by molar-refractivity contribution is 0.249. The van der Waals surface area contributed by atoms with Crippen molar-refractivity contribution in [2.75, 3.05) is 13.6 Å². The fourth-order valence-corrected chi connectivity index (χ4v) is 4.60. The van der Waals surface area contributed by atoms with E-state index in [0.717, 1.165) is 29.3 Å². The van der Waals surface area contributed by atoms with Gasteiger partial charge in [0.05, 0.1) is 0 Å². The molecule has 1 aliphatic heterocycles. The summed E-state index contributed by atoms with van der Waals surface area (Å²) in [5, 5.41) is 0. The van der Waals surface area contributed by atoms with Crippen LogP contribution in [0.3, 0.4) is 0 Å². The van der Waals surface area contributed by atoms with Crippen LogP contribution in [0.1, 0.15) is 31.7 Å². The van der Waals surface area contributed by atoms with Crippen molar-refractivity contribution in [1.82, 2.24) is 8.61 Å². The van der Waals surface area contributed by atoms with Crippen LogP contribution < -0.4 is 0 Å². The van der Waals surface area contributed by atoms with E-state index in [2.05, 4.69) is 15.9 Å². The highest BCUT2D eigenvalue weighted by Gasteiger charge is 2.32. The first-order chi connectivity index (χ1) is 9.41. The average Bonchev–Trinajstić information content (AvgIpc) is 2.39. The second-order valence-corrected chi connectivity index (χ2v) is 8.25. The predicted molar refractivity (Wildman–Crippen MR) is 84.5 cm³/mol. The first kappa shape index (κ1) is 15.9. The second kappa shape index (κ2) is 6.56. The average molecular weight is 361 g/mol. The van der Waals surface area contributed by atoms with E-state index >= 15 is 0 Å². The molecular formula is C14H21BrN2O2S. The number of rotatable bonds is 4. The van der Waals surface area contributed by atoms with Gasteiger partial charge in [0.1, 0.15) is 0 Å². The number of nitrogens with zero attached hydrogens (tertiary/aromatic N) is 2. The molecule has 112 valence electrons. The SMILES string of the molecule is CC1CCCCN1S(=O)(=O)N(C)Cc1cccc(Br)c1. The van der Waals surface area contributed by atoms with Gasteiger partial charge in [-0.3, -0.25) is 0 Å². The molecule has 1 aromatic rings. The van der Waals surface area contributed by atoms with Crippen LogP contribution in [-0.4, -0.2) is 36.7 Å². The molecule has 1 heterocycles. The maximum Gasteiger partial charge on any atom is 0.282 e.